The Balaban J connectivity index is 1.72. The Kier molecular flexibility index (Phi) is 7.81. The smallest absolute Gasteiger partial charge is 0.351 e. The average molecular weight is 538 g/mol. The summed E-state index contributed by atoms with van der Waals surface area (Å²) in [7, 11) is -3.41. The molecule has 2 aromatic carbocycles. The van der Waals surface area contributed by atoms with Crippen molar-refractivity contribution in [2.45, 2.75) is 62.1 Å². The van der Waals surface area contributed by atoms with Gasteiger partial charge in [0.1, 0.15) is 0 Å². The molecule has 1 amide bonds. The fourth-order valence-electron chi connectivity index (χ4n) is 3.73. The van der Waals surface area contributed by atoms with Gasteiger partial charge in [0.25, 0.3) is 5.60 Å². The maximum Gasteiger partial charge on any atom is 0.430 e. The molecule has 198 valence electrons. The number of carbonyl (C=O) groups excluding carboxylic acids is 1. The number of ether oxygens (including phenoxy) is 1. The van der Waals surface area contributed by atoms with E-state index < -0.39 is 45.4 Å². The van der Waals surface area contributed by atoms with Crippen LogP contribution in [-0.2, 0) is 31.4 Å². The van der Waals surface area contributed by atoms with Crippen molar-refractivity contribution in [2.24, 2.45) is 5.92 Å². The number of rotatable bonds is 9. The number of hydrogen-bond donors (Lipinski definition) is 1. The van der Waals surface area contributed by atoms with Crippen LogP contribution in [0.15, 0.2) is 53.4 Å². The van der Waals surface area contributed by atoms with Crippen LogP contribution in [0.1, 0.15) is 37.8 Å². The van der Waals surface area contributed by atoms with Gasteiger partial charge < -0.3 is 10.1 Å². The minimum absolute atomic E-state index is 0.0184. The summed E-state index contributed by atoms with van der Waals surface area (Å²) >= 11 is 0. The summed E-state index contributed by atoms with van der Waals surface area (Å²) in [4.78, 5) is 12.5. The number of alkyl halides is 6. The lowest BCUT2D eigenvalue weighted by Crippen LogP contribution is -2.57. The van der Waals surface area contributed by atoms with Crippen molar-refractivity contribution in [2.75, 3.05) is 11.1 Å². The molecule has 2 aromatic rings. The maximum absolute atomic E-state index is 13.7. The molecule has 0 heterocycles. The van der Waals surface area contributed by atoms with Gasteiger partial charge >= 0.3 is 12.4 Å². The highest BCUT2D eigenvalue weighted by molar-refractivity contribution is 7.91. The van der Waals surface area contributed by atoms with E-state index in [-0.39, 0.29) is 28.7 Å². The van der Waals surface area contributed by atoms with E-state index in [4.69, 9.17) is 0 Å². The van der Waals surface area contributed by atoms with E-state index in [1.54, 1.807) is 0 Å². The molecule has 0 unspecified atom stereocenters. The molecule has 0 bridgehead atoms. The molecular formula is C24H25F6NO4S. The standard InChI is InChI=1S/C24H25F6NO4S/c1-15(2)35-22(23(25,26)27,24(28,29)30)18-7-9-19(10-8-18)31-21(32)13-16-5-11-20(12-6-16)36(33,34)14-17-3-4-17/h5-12,15,17H,3-4,13-14H2,1-2H3,(H,31,32). The molecule has 1 N–H and O–H groups in total. The number of halogens is 6. The molecule has 0 saturated heterocycles. The Morgan fingerprint density at radius 2 is 1.47 bits per heavy atom. The van der Waals surface area contributed by atoms with Crippen LogP contribution in [0.25, 0.3) is 0 Å². The summed E-state index contributed by atoms with van der Waals surface area (Å²) in [5, 5.41) is 2.41. The van der Waals surface area contributed by atoms with Gasteiger partial charge in [-0.1, -0.05) is 24.3 Å². The van der Waals surface area contributed by atoms with Gasteiger partial charge in [-0.25, -0.2) is 8.42 Å². The zero-order valence-corrected chi connectivity index (χ0v) is 20.2. The quantitative estimate of drug-likeness (QED) is 0.411. The number of hydrogen-bond acceptors (Lipinski definition) is 4. The maximum atomic E-state index is 13.7. The molecule has 3 rings (SSSR count). The van der Waals surface area contributed by atoms with Gasteiger partial charge in [0.15, 0.2) is 9.84 Å². The predicted octanol–water partition coefficient (Wildman–Crippen LogP) is 5.80. The van der Waals surface area contributed by atoms with Crippen molar-refractivity contribution in [1.29, 1.82) is 0 Å². The van der Waals surface area contributed by atoms with Gasteiger partial charge in [-0.15, -0.1) is 0 Å². The van der Waals surface area contributed by atoms with E-state index in [0.717, 1.165) is 38.8 Å². The van der Waals surface area contributed by atoms with Crippen LogP contribution in [-0.4, -0.2) is 38.5 Å². The fraction of sp³-hybridized carbons (Fsp3) is 0.458. The molecule has 36 heavy (non-hydrogen) atoms. The van der Waals surface area contributed by atoms with E-state index >= 15 is 0 Å². The van der Waals surface area contributed by atoms with Gasteiger partial charge in [0, 0.05) is 11.3 Å². The summed E-state index contributed by atoms with van der Waals surface area (Å²) in [6.07, 6.45) is -11.4. The Morgan fingerprint density at radius 1 is 0.944 bits per heavy atom. The molecule has 0 radical (unpaired) electrons. The predicted molar refractivity (Wildman–Crippen MR) is 120 cm³/mol. The zero-order chi connectivity index (χ0) is 26.9. The largest absolute Gasteiger partial charge is 0.430 e. The van der Waals surface area contributed by atoms with E-state index in [2.05, 4.69) is 10.1 Å². The molecule has 0 aliphatic heterocycles. The summed E-state index contributed by atoms with van der Waals surface area (Å²) in [6.45, 7) is 2.13. The molecule has 0 atom stereocenters. The van der Waals surface area contributed by atoms with Gasteiger partial charge in [-0.3, -0.25) is 4.79 Å². The first-order valence-electron chi connectivity index (χ1n) is 11.1. The van der Waals surface area contributed by atoms with E-state index in [0.29, 0.717) is 17.7 Å². The third kappa shape index (κ3) is 6.20. The van der Waals surface area contributed by atoms with Gasteiger partial charge in [0.2, 0.25) is 5.91 Å². The van der Waals surface area contributed by atoms with E-state index in [9.17, 15) is 39.6 Å². The molecule has 5 nitrogen and oxygen atoms in total. The van der Waals surface area contributed by atoms with E-state index in [1.807, 2.05) is 0 Å². The van der Waals surface area contributed by atoms with Crippen molar-refractivity contribution in [1.82, 2.24) is 0 Å². The Hall–Kier alpha value is -2.60. The van der Waals surface area contributed by atoms with E-state index in [1.165, 1.54) is 24.3 Å². The summed E-state index contributed by atoms with van der Waals surface area (Å²) < 4.78 is 111. The first-order valence-corrected chi connectivity index (χ1v) is 12.7. The lowest BCUT2D eigenvalue weighted by Gasteiger charge is -2.38. The van der Waals surface area contributed by atoms with Crippen molar-refractivity contribution < 1.29 is 44.3 Å². The third-order valence-electron chi connectivity index (χ3n) is 5.59. The number of carbonyl (C=O) groups is 1. The SMILES string of the molecule is CC(C)OC(c1ccc(NC(=O)Cc2ccc(S(=O)(=O)CC3CC3)cc2)cc1)(C(F)(F)F)C(F)(F)F. The number of amides is 1. The molecule has 1 fully saturated rings. The molecule has 1 aliphatic rings. The Morgan fingerprint density at radius 3 is 1.92 bits per heavy atom. The van der Waals surface area contributed by atoms with Crippen LogP contribution < -0.4 is 5.32 Å². The lowest BCUT2D eigenvalue weighted by atomic mass is 9.91. The van der Waals surface area contributed by atoms with Crippen LogP contribution in [0.3, 0.4) is 0 Å². The first-order chi connectivity index (χ1) is 16.5. The molecule has 0 spiro atoms. The zero-order valence-electron chi connectivity index (χ0n) is 19.4. The highest BCUT2D eigenvalue weighted by Crippen LogP contribution is 2.53. The fourth-order valence-corrected chi connectivity index (χ4v) is 5.42. The van der Waals surface area contributed by atoms with Crippen LogP contribution in [0.4, 0.5) is 32.0 Å². The Bertz CT molecular complexity index is 1160. The highest BCUT2D eigenvalue weighted by atomic mass is 32.2. The van der Waals surface area contributed by atoms with Crippen molar-refractivity contribution >= 4 is 21.4 Å². The minimum Gasteiger partial charge on any atom is -0.351 e. The number of anilines is 1. The number of sulfone groups is 1. The minimum atomic E-state index is -5.79. The van der Waals surface area contributed by atoms with Gasteiger partial charge in [-0.05, 0) is 62.4 Å². The average Bonchev–Trinajstić information content (AvgIpc) is 3.54. The normalized spacial score (nSPS) is 15.2. The second-order valence-corrected chi connectivity index (χ2v) is 11.0. The molecular weight excluding hydrogens is 512 g/mol. The topological polar surface area (TPSA) is 72.5 Å². The molecule has 0 aromatic heterocycles. The van der Waals surface area contributed by atoms with Crippen LogP contribution in [0.2, 0.25) is 0 Å². The molecule has 1 aliphatic carbocycles. The highest BCUT2D eigenvalue weighted by Gasteiger charge is 2.73. The number of nitrogens with one attached hydrogen (secondary N) is 1. The lowest BCUT2D eigenvalue weighted by molar-refractivity contribution is -0.396. The van der Waals surface area contributed by atoms with Crippen LogP contribution >= 0.6 is 0 Å². The summed E-state index contributed by atoms with van der Waals surface area (Å²) in [6, 6.07) is 8.83. The van der Waals surface area contributed by atoms with Gasteiger partial charge in [-0.2, -0.15) is 26.3 Å². The summed E-state index contributed by atoms with van der Waals surface area (Å²) in [5.74, 6) is -0.330. The monoisotopic (exact) mass is 537 g/mol. The van der Waals surface area contributed by atoms with Crippen molar-refractivity contribution in [3.63, 3.8) is 0 Å². The second kappa shape index (κ2) is 10.0. The van der Waals surface area contributed by atoms with Gasteiger partial charge in [0.05, 0.1) is 23.2 Å². The van der Waals surface area contributed by atoms with Crippen molar-refractivity contribution in [3.05, 3.63) is 59.7 Å². The molecule has 12 heteroatoms. The Labute approximate surface area is 204 Å². The number of benzene rings is 2. The second-order valence-electron chi connectivity index (χ2n) is 9.01. The first kappa shape index (κ1) is 28.0. The van der Waals surface area contributed by atoms with Crippen molar-refractivity contribution in [3.8, 4) is 0 Å². The van der Waals surface area contributed by atoms with Crippen LogP contribution in [0, 0.1) is 5.92 Å². The summed E-state index contributed by atoms with van der Waals surface area (Å²) in [5.41, 5.74) is -5.24. The van der Waals surface area contributed by atoms with Crippen LogP contribution in [0.5, 0.6) is 0 Å². The molecule has 1 saturated carbocycles. The third-order valence-corrected chi connectivity index (χ3v) is 7.49.